The van der Waals surface area contributed by atoms with Gasteiger partial charge in [-0.3, -0.25) is 39.2 Å². The molecule has 15 heteroatoms. The number of benzene rings is 2. The van der Waals surface area contributed by atoms with Crippen LogP contribution in [0.5, 0.6) is 11.5 Å². The smallest absolute Gasteiger partial charge is 0.262 e. The molecule has 0 radical (unpaired) electrons. The van der Waals surface area contributed by atoms with E-state index in [1.807, 2.05) is 30.3 Å². The van der Waals surface area contributed by atoms with E-state index in [0.717, 1.165) is 92.9 Å². The van der Waals surface area contributed by atoms with Crippen LogP contribution in [0.4, 0.5) is 5.82 Å². The summed E-state index contributed by atoms with van der Waals surface area (Å²) < 4.78 is 12.6. The topological polar surface area (TPSA) is 187 Å². The Morgan fingerprint density at radius 1 is 0.902 bits per heavy atom. The second kappa shape index (κ2) is 16.9. The minimum atomic E-state index is -0.998. The predicted molar refractivity (Wildman–Crippen MR) is 223 cm³/mol. The molecule has 2 aromatic heterocycles. The number of aromatic nitrogens is 2. The summed E-state index contributed by atoms with van der Waals surface area (Å²) >= 11 is 0. The molecule has 5 heterocycles. The molecule has 15 nitrogen and oxygen atoms in total. The van der Waals surface area contributed by atoms with E-state index >= 15 is 0 Å². The van der Waals surface area contributed by atoms with Crippen molar-refractivity contribution in [3.8, 4) is 17.6 Å². The fourth-order valence-corrected chi connectivity index (χ4v) is 9.43. The zero-order chi connectivity index (χ0) is 42.2. The number of imide groups is 2. The number of fused-ring (bicyclic) bond motifs is 2. The number of hydrogen-bond acceptors (Lipinski definition) is 12. The third-order valence-electron chi connectivity index (χ3n) is 13.1. The molecule has 0 spiro atoms. The van der Waals surface area contributed by atoms with Crippen LogP contribution in [0.1, 0.15) is 101 Å². The first kappa shape index (κ1) is 40.0. The monoisotopic (exact) mass is 824 g/mol. The highest BCUT2D eigenvalue weighted by atomic mass is 16.5. The minimum Gasteiger partial charge on any atom is -0.490 e. The Kier molecular flexibility index (Phi) is 11.1. The number of hydrogen-bond donors (Lipinski definition) is 2. The molecule has 314 valence electrons. The highest BCUT2D eigenvalue weighted by Gasteiger charge is 2.45. The molecule has 61 heavy (non-hydrogen) atoms. The lowest BCUT2D eigenvalue weighted by Gasteiger charge is -2.43. The average Bonchev–Trinajstić information content (AvgIpc) is 3.50. The molecule has 2 N–H and O–H groups in total. The van der Waals surface area contributed by atoms with Gasteiger partial charge < -0.3 is 24.6 Å². The Bertz CT molecular complexity index is 2410. The first-order valence-corrected chi connectivity index (χ1v) is 21.3. The number of amides is 5. The van der Waals surface area contributed by atoms with Gasteiger partial charge in [-0.2, -0.15) is 5.26 Å². The normalized spacial score (nSPS) is 24.2. The third-order valence-corrected chi connectivity index (χ3v) is 13.1. The standard InChI is InChI=1S/C46H48N8O7/c1-52(31-21-34(22-31)60-33-10-11-35-37(23-33)46(59)54(45(35)58)38-12-15-41(55)51-44(38)57)26-27-16-19-53(20-17-27)40-14-5-29(25-49-40)43(56)50-30-6-8-32(9-7-30)61-39-13-4-28(24-47)42-36(39)3-2-18-48-42/h2-5,10-11,13-14,18,23,25,27,30-32,34,38H,6-9,12,15-17,19-22,26H2,1H3,(H,50,56)(H,51,55,57)/t30-,31-,32-,34-,38?. The van der Waals surface area contributed by atoms with Gasteiger partial charge in [-0.05, 0) is 113 Å². The van der Waals surface area contributed by atoms with Gasteiger partial charge in [0.25, 0.3) is 17.7 Å². The molecule has 4 aromatic rings. The summed E-state index contributed by atoms with van der Waals surface area (Å²) in [6.45, 7) is 2.78. The van der Waals surface area contributed by atoms with Gasteiger partial charge in [0.15, 0.2) is 0 Å². The van der Waals surface area contributed by atoms with Gasteiger partial charge in [-0.1, -0.05) is 0 Å². The lowest BCUT2D eigenvalue weighted by atomic mass is 9.86. The van der Waals surface area contributed by atoms with Crippen LogP contribution in [-0.4, -0.2) is 106 Å². The second-order valence-corrected chi connectivity index (χ2v) is 17.0. The lowest BCUT2D eigenvalue weighted by molar-refractivity contribution is -0.136. The number of carbonyl (C=O) groups excluding carboxylic acids is 5. The first-order chi connectivity index (χ1) is 29.6. The van der Waals surface area contributed by atoms with Crippen molar-refractivity contribution in [2.45, 2.75) is 94.5 Å². The van der Waals surface area contributed by atoms with Gasteiger partial charge in [0.05, 0.1) is 33.9 Å². The number of nitriles is 1. The van der Waals surface area contributed by atoms with E-state index in [1.54, 1.807) is 36.7 Å². The number of nitrogens with one attached hydrogen (secondary N) is 2. The van der Waals surface area contributed by atoms with E-state index in [9.17, 15) is 29.2 Å². The van der Waals surface area contributed by atoms with Crippen LogP contribution in [0.25, 0.3) is 10.9 Å². The molecule has 1 unspecified atom stereocenters. The quantitative estimate of drug-likeness (QED) is 0.198. The van der Waals surface area contributed by atoms with Crippen LogP contribution in [0.15, 0.2) is 67.0 Å². The minimum absolute atomic E-state index is 0.00263. The van der Waals surface area contributed by atoms with Gasteiger partial charge in [-0.25, -0.2) is 4.98 Å². The maximum absolute atomic E-state index is 13.2. The van der Waals surface area contributed by atoms with Crippen LogP contribution < -0.4 is 25.0 Å². The van der Waals surface area contributed by atoms with Crippen molar-refractivity contribution in [2.24, 2.45) is 5.92 Å². The van der Waals surface area contributed by atoms with Crippen LogP contribution in [0.3, 0.4) is 0 Å². The van der Waals surface area contributed by atoms with E-state index in [1.165, 1.54) is 0 Å². The van der Waals surface area contributed by atoms with Crippen LogP contribution in [0.2, 0.25) is 0 Å². The zero-order valence-electron chi connectivity index (χ0n) is 34.0. The summed E-state index contributed by atoms with van der Waals surface area (Å²) in [7, 11) is 2.16. The SMILES string of the molecule is CN(CC1CCN(c2ccc(C(=O)N[C@H]3CC[C@H](Oc4ccc(C#N)c5ncccc45)CC3)cn2)CC1)[C@H]1C[C@H](Oc2ccc3c(c2)C(=O)N(C2CCC(=O)NC2=O)C3=O)C1. The fourth-order valence-electron chi connectivity index (χ4n) is 9.43. The number of rotatable bonds is 11. The van der Waals surface area contributed by atoms with Gasteiger partial charge >= 0.3 is 0 Å². The molecule has 1 atom stereocenters. The summed E-state index contributed by atoms with van der Waals surface area (Å²) in [4.78, 5) is 78.1. The highest BCUT2D eigenvalue weighted by Crippen LogP contribution is 2.35. The van der Waals surface area contributed by atoms with E-state index in [4.69, 9.17) is 9.47 Å². The van der Waals surface area contributed by atoms with E-state index in [-0.39, 0.29) is 48.1 Å². The Balaban J connectivity index is 0.685. The number of pyridine rings is 2. The highest BCUT2D eigenvalue weighted by molar-refractivity contribution is 6.23. The molecule has 2 aromatic carbocycles. The molecular weight excluding hydrogens is 777 g/mol. The number of nitrogens with zero attached hydrogens (tertiary/aromatic N) is 6. The summed E-state index contributed by atoms with van der Waals surface area (Å²) in [6, 6.07) is 17.7. The first-order valence-electron chi connectivity index (χ1n) is 21.3. The predicted octanol–water partition coefficient (Wildman–Crippen LogP) is 4.78. The van der Waals surface area contributed by atoms with Crippen molar-refractivity contribution >= 4 is 46.3 Å². The molecule has 2 saturated heterocycles. The zero-order valence-corrected chi connectivity index (χ0v) is 34.0. The number of anilines is 1. The average molecular weight is 825 g/mol. The molecule has 3 aliphatic heterocycles. The maximum Gasteiger partial charge on any atom is 0.262 e. The van der Waals surface area contributed by atoms with Crippen molar-refractivity contribution in [3.63, 3.8) is 0 Å². The summed E-state index contributed by atoms with van der Waals surface area (Å²) in [5, 5.41) is 15.7. The number of carbonyl (C=O) groups is 5. The number of ether oxygens (including phenoxy) is 2. The molecule has 4 fully saturated rings. The van der Waals surface area contributed by atoms with Gasteiger partial charge in [0.2, 0.25) is 11.8 Å². The van der Waals surface area contributed by atoms with Crippen LogP contribution >= 0.6 is 0 Å². The molecule has 5 amide bonds. The summed E-state index contributed by atoms with van der Waals surface area (Å²) in [5.74, 6) is 0.462. The Morgan fingerprint density at radius 3 is 2.43 bits per heavy atom. The maximum atomic E-state index is 13.2. The van der Waals surface area contributed by atoms with Gasteiger partial charge in [0.1, 0.15) is 35.5 Å². The van der Waals surface area contributed by atoms with E-state index < -0.39 is 29.7 Å². The second-order valence-electron chi connectivity index (χ2n) is 17.0. The van der Waals surface area contributed by atoms with Crippen molar-refractivity contribution in [3.05, 3.63) is 89.2 Å². The molecule has 2 aliphatic carbocycles. The van der Waals surface area contributed by atoms with Crippen LogP contribution in [-0.2, 0) is 9.59 Å². The Labute approximate surface area is 353 Å². The molecular formula is C46H48N8O7. The largest absolute Gasteiger partial charge is 0.490 e. The molecule has 5 aliphatic rings. The fraction of sp³-hybridized carbons (Fsp3) is 0.435. The van der Waals surface area contributed by atoms with Gasteiger partial charge in [0, 0.05) is 68.8 Å². The third kappa shape index (κ3) is 8.24. The van der Waals surface area contributed by atoms with Crippen LogP contribution in [0, 0.1) is 17.2 Å². The molecule has 9 rings (SSSR count). The molecule has 0 bridgehead atoms. The van der Waals surface area contributed by atoms with Crippen molar-refractivity contribution < 1.29 is 33.4 Å². The van der Waals surface area contributed by atoms with Crippen molar-refractivity contribution in [2.75, 3.05) is 31.6 Å². The summed E-state index contributed by atoms with van der Waals surface area (Å²) in [6.07, 6.45) is 10.6. The number of piperidine rings is 2. The summed E-state index contributed by atoms with van der Waals surface area (Å²) in [5.41, 5.74) is 2.17. The van der Waals surface area contributed by atoms with Crippen molar-refractivity contribution in [1.29, 1.82) is 5.26 Å². The molecule has 2 saturated carbocycles. The van der Waals surface area contributed by atoms with E-state index in [0.29, 0.717) is 34.4 Å². The lowest BCUT2D eigenvalue weighted by Crippen LogP contribution is -2.54. The Morgan fingerprint density at radius 2 is 1.69 bits per heavy atom. The van der Waals surface area contributed by atoms with Crippen molar-refractivity contribution in [1.82, 2.24) is 30.4 Å². The van der Waals surface area contributed by atoms with E-state index in [2.05, 4.69) is 43.5 Å². The Hall–Kier alpha value is -6.40. The van der Waals surface area contributed by atoms with Gasteiger partial charge in [-0.15, -0.1) is 0 Å².